The number of rotatable bonds is 5. The zero-order chi connectivity index (χ0) is 12.9. The van der Waals surface area contributed by atoms with Crippen LogP contribution in [0.1, 0.15) is 36.4 Å². The van der Waals surface area contributed by atoms with Crippen LogP contribution in [-0.2, 0) is 5.41 Å². The molecule has 0 saturated carbocycles. The molecule has 1 aromatic heterocycles. The number of thiophene rings is 1. The van der Waals surface area contributed by atoms with Crippen molar-refractivity contribution in [2.75, 3.05) is 6.61 Å². The van der Waals surface area contributed by atoms with Gasteiger partial charge in [-0.15, -0.1) is 11.3 Å². The van der Waals surface area contributed by atoms with Crippen molar-refractivity contribution in [3.63, 3.8) is 0 Å². The lowest BCUT2D eigenvalue weighted by Gasteiger charge is -2.29. The average Bonchev–Trinajstić information content (AvgIpc) is 2.79. The van der Waals surface area contributed by atoms with Gasteiger partial charge in [-0.3, -0.25) is 0 Å². The van der Waals surface area contributed by atoms with Crippen molar-refractivity contribution in [3.8, 4) is 12.1 Å². The van der Waals surface area contributed by atoms with Crippen LogP contribution < -0.4 is 0 Å². The number of aliphatic hydroxyl groups is 1. The zero-order valence-corrected chi connectivity index (χ0v) is 10.9. The molecule has 0 amide bonds. The molecule has 0 fully saturated rings. The lowest BCUT2D eigenvalue weighted by molar-refractivity contribution is 0.258. The van der Waals surface area contributed by atoms with Gasteiger partial charge in [-0.2, -0.15) is 10.5 Å². The first-order valence-electron chi connectivity index (χ1n) is 5.63. The molecule has 0 aliphatic carbocycles. The van der Waals surface area contributed by atoms with Crippen molar-refractivity contribution in [2.24, 2.45) is 5.92 Å². The van der Waals surface area contributed by atoms with Crippen LogP contribution in [-0.4, -0.2) is 11.7 Å². The number of hydrogen-bond donors (Lipinski definition) is 1. The Bertz CT molecular complexity index is 453. The van der Waals surface area contributed by atoms with Gasteiger partial charge in [0.05, 0.1) is 11.5 Å². The quantitative estimate of drug-likeness (QED) is 0.871. The third-order valence-corrected chi connectivity index (χ3v) is 4.24. The molecule has 1 unspecified atom stereocenters. The van der Waals surface area contributed by atoms with E-state index in [1.165, 1.54) is 11.3 Å². The van der Waals surface area contributed by atoms with E-state index in [1.807, 2.05) is 19.9 Å². The Morgan fingerprint density at radius 2 is 2.12 bits per heavy atom. The Hall–Kier alpha value is -1.36. The molecule has 1 rings (SSSR count). The van der Waals surface area contributed by atoms with Gasteiger partial charge in [0.1, 0.15) is 10.9 Å². The van der Waals surface area contributed by atoms with E-state index < -0.39 is 5.41 Å². The Kier molecular flexibility index (Phi) is 4.69. The Morgan fingerprint density at radius 1 is 1.41 bits per heavy atom. The molecule has 4 heteroatoms. The maximum Gasteiger partial charge on any atom is 0.110 e. The molecular formula is C13H16N2OS. The SMILES string of the molecule is CC(C)C(C#N)(CCCO)c1ccc(C#N)s1. The summed E-state index contributed by atoms with van der Waals surface area (Å²) in [6, 6.07) is 8.11. The minimum atomic E-state index is -0.581. The van der Waals surface area contributed by atoms with E-state index in [9.17, 15) is 5.26 Å². The van der Waals surface area contributed by atoms with Crippen LogP contribution in [0.25, 0.3) is 0 Å². The Balaban J connectivity index is 3.14. The lowest BCUT2D eigenvalue weighted by atomic mass is 9.74. The average molecular weight is 248 g/mol. The molecule has 1 heterocycles. The van der Waals surface area contributed by atoms with E-state index in [4.69, 9.17) is 10.4 Å². The summed E-state index contributed by atoms with van der Waals surface area (Å²) in [5.41, 5.74) is -0.581. The van der Waals surface area contributed by atoms with Crippen molar-refractivity contribution in [1.82, 2.24) is 0 Å². The molecule has 17 heavy (non-hydrogen) atoms. The van der Waals surface area contributed by atoms with Crippen LogP contribution in [0.4, 0.5) is 0 Å². The van der Waals surface area contributed by atoms with E-state index >= 15 is 0 Å². The van der Waals surface area contributed by atoms with E-state index in [0.29, 0.717) is 17.7 Å². The topological polar surface area (TPSA) is 67.8 Å². The second-order valence-corrected chi connectivity index (χ2v) is 5.42. The summed E-state index contributed by atoms with van der Waals surface area (Å²) >= 11 is 1.38. The molecule has 0 aliphatic heterocycles. The van der Waals surface area contributed by atoms with Crippen molar-refractivity contribution in [1.29, 1.82) is 10.5 Å². The van der Waals surface area contributed by atoms with Gasteiger partial charge in [-0.25, -0.2) is 0 Å². The van der Waals surface area contributed by atoms with E-state index in [-0.39, 0.29) is 12.5 Å². The highest BCUT2D eigenvalue weighted by atomic mass is 32.1. The first kappa shape index (κ1) is 13.7. The van der Waals surface area contributed by atoms with Crippen LogP contribution in [0.3, 0.4) is 0 Å². The molecule has 0 spiro atoms. The summed E-state index contributed by atoms with van der Waals surface area (Å²) in [7, 11) is 0. The maximum atomic E-state index is 9.50. The van der Waals surface area contributed by atoms with Crippen LogP contribution in [0.15, 0.2) is 12.1 Å². The van der Waals surface area contributed by atoms with E-state index in [2.05, 4.69) is 12.1 Å². The van der Waals surface area contributed by atoms with Gasteiger partial charge in [-0.05, 0) is 30.9 Å². The van der Waals surface area contributed by atoms with Crippen molar-refractivity contribution < 1.29 is 5.11 Å². The summed E-state index contributed by atoms with van der Waals surface area (Å²) in [5.74, 6) is 0.157. The van der Waals surface area contributed by atoms with Crippen molar-refractivity contribution >= 4 is 11.3 Å². The largest absolute Gasteiger partial charge is 0.396 e. The number of aliphatic hydroxyl groups excluding tert-OH is 1. The first-order chi connectivity index (χ1) is 8.10. The third kappa shape index (κ3) is 2.66. The zero-order valence-electron chi connectivity index (χ0n) is 10.1. The molecule has 0 saturated heterocycles. The molecule has 0 aliphatic rings. The molecule has 1 N–H and O–H groups in total. The van der Waals surface area contributed by atoms with Gasteiger partial charge < -0.3 is 5.11 Å². The second-order valence-electron chi connectivity index (χ2n) is 4.34. The van der Waals surface area contributed by atoms with E-state index in [0.717, 1.165) is 4.88 Å². The molecule has 1 atom stereocenters. The van der Waals surface area contributed by atoms with Crippen molar-refractivity contribution in [2.45, 2.75) is 32.1 Å². The van der Waals surface area contributed by atoms with Gasteiger partial charge >= 0.3 is 0 Å². The van der Waals surface area contributed by atoms with Crippen LogP contribution >= 0.6 is 11.3 Å². The Morgan fingerprint density at radius 3 is 2.53 bits per heavy atom. The van der Waals surface area contributed by atoms with E-state index in [1.54, 1.807) is 6.07 Å². The molecule has 3 nitrogen and oxygen atoms in total. The van der Waals surface area contributed by atoms with Crippen LogP contribution in [0.2, 0.25) is 0 Å². The predicted molar refractivity (Wildman–Crippen MR) is 67.5 cm³/mol. The predicted octanol–water partition coefficient (Wildman–Crippen LogP) is 2.81. The lowest BCUT2D eigenvalue weighted by Crippen LogP contribution is -2.30. The fourth-order valence-corrected chi connectivity index (χ4v) is 3.05. The first-order valence-corrected chi connectivity index (χ1v) is 6.45. The summed E-state index contributed by atoms with van der Waals surface area (Å²) in [6.45, 7) is 4.10. The normalized spacial score (nSPS) is 14.0. The number of hydrogen-bond acceptors (Lipinski definition) is 4. The minimum absolute atomic E-state index is 0.0899. The molecule has 1 aromatic rings. The van der Waals surface area contributed by atoms with Gasteiger partial charge in [0.25, 0.3) is 0 Å². The van der Waals surface area contributed by atoms with Gasteiger partial charge in [0.15, 0.2) is 0 Å². The number of nitrogens with zero attached hydrogens (tertiary/aromatic N) is 2. The molecule has 90 valence electrons. The summed E-state index contributed by atoms with van der Waals surface area (Å²) in [4.78, 5) is 1.56. The smallest absolute Gasteiger partial charge is 0.110 e. The fraction of sp³-hybridized carbons (Fsp3) is 0.538. The molecule has 0 radical (unpaired) electrons. The summed E-state index contributed by atoms with van der Waals surface area (Å²) in [5, 5.41) is 27.3. The summed E-state index contributed by atoms with van der Waals surface area (Å²) < 4.78 is 0. The highest BCUT2D eigenvalue weighted by molar-refractivity contribution is 7.12. The summed E-state index contributed by atoms with van der Waals surface area (Å²) in [6.07, 6.45) is 1.23. The molecular weight excluding hydrogens is 232 g/mol. The number of nitriles is 2. The Labute approximate surface area is 106 Å². The van der Waals surface area contributed by atoms with Gasteiger partial charge in [0.2, 0.25) is 0 Å². The monoisotopic (exact) mass is 248 g/mol. The van der Waals surface area contributed by atoms with Crippen molar-refractivity contribution in [3.05, 3.63) is 21.9 Å². The maximum absolute atomic E-state index is 9.50. The molecule has 0 bridgehead atoms. The van der Waals surface area contributed by atoms with Crippen LogP contribution in [0.5, 0.6) is 0 Å². The fourth-order valence-electron chi connectivity index (χ4n) is 1.93. The molecule has 0 aromatic carbocycles. The second kappa shape index (κ2) is 5.82. The standard InChI is InChI=1S/C13H16N2OS/c1-10(2)13(9-15,6-3-7-16)12-5-4-11(8-14)17-12/h4-5,10,16H,3,6-7H2,1-2H3. The highest BCUT2D eigenvalue weighted by Gasteiger charge is 2.36. The van der Waals surface area contributed by atoms with Gasteiger partial charge in [-0.1, -0.05) is 13.8 Å². The van der Waals surface area contributed by atoms with Crippen LogP contribution in [0, 0.1) is 28.6 Å². The van der Waals surface area contributed by atoms with Gasteiger partial charge in [0, 0.05) is 11.5 Å². The highest BCUT2D eigenvalue weighted by Crippen LogP contribution is 2.39. The third-order valence-electron chi connectivity index (χ3n) is 3.07. The minimum Gasteiger partial charge on any atom is -0.396 e.